The van der Waals surface area contributed by atoms with Gasteiger partial charge in [0.2, 0.25) is 0 Å². The number of ether oxygens (including phenoxy) is 1. The molecule has 24 heavy (non-hydrogen) atoms. The van der Waals surface area contributed by atoms with Gasteiger partial charge in [-0.1, -0.05) is 60.7 Å². The summed E-state index contributed by atoms with van der Waals surface area (Å²) in [5.41, 5.74) is 1.65. The lowest BCUT2D eigenvalue weighted by Gasteiger charge is -2.19. The minimum absolute atomic E-state index is 0.382. The molecule has 0 saturated heterocycles. The Bertz CT molecular complexity index is 825. The first-order valence-electron chi connectivity index (χ1n) is 7.92. The molecule has 0 N–H and O–H groups in total. The van der Waals surface area contributed by atoms with E-state index in [-0.39, 0.29) is 5.97 Å². The highest BCUT2D eigenvalue weighted by molar-refractivity contribution is 5.97. The average Bonchev–Trinajstić information content (AvgIpc) is 3.00. The van der Waals surface area contributed by atoms with Crippen LogP contribution in [0.15, 0.2) is 71.1 Å². The topological polar surface area (TPSA) is 39.4 Å². The van der Waals surface area contributed by atoms with Crippen molar-refractivity contribution in [3.8, 4) is 22.6 Å². The van der Waals surface area contributed by atoms with Gasteiger partial charge < -0.3 is 9.15 Å². The number of hydrogen-bond donors (Lipinski definition) is 0. The summed E-state index contributed by atoms with van der Waals surface area (Å²) in [4.78, 5) is 12.6. The van der Waals surface area contributed by atoms with Gasteiger partial charge in [-0.05, 0) is 26.8 Å². The van der Waals surface area contributed by atoms with Gasteiger partial charge >= 0.3 is 5.97 Å². The highest BCUT2D eigenvalue weighted by Gasteiger charge is 2.25. The summed E-state index contributed by atoms with van der Waals surface area (Å²) in [6.07, 6.45) is 0. The van der Waals surface area contributed by atoms with E-state index in [4.69, 9.17) is 9.15 Å². The van der Waals surface area contributed by atoms with E-state index >= 15 is 0 Å². The fourth-order valence-corrected chi connectivity index (χ4v) is 2.42. The second-order valence-corrected chi connectivity index (χ2v) is 6.59. The van der Waals surface area contributed by atoms with Crippen molar-refractivity contribution < 1.29 is 13.9 Å². The minimum Gasteiger partial charge on any atom is -0.456 e. The fraction of sp³-hybridized carbons (Fsp3) is 0.190. The predicted molar refractivity (Wildman–Crippen MR) is 94.7 cm³/mol. The number of furan rings is 1. The molecule has 0 atom stereocenters. The van der Waals surface area contributed by atoms with Gasteiger partial charge in [0.1, 0.15) is 22.7 Å². The number of rotatable bonds is 3. The van der Waals surface area contributed by atoms with E-state index in [1.165, 1.54) is 0 Å². The molecule has 0 radical (unpaired) electrons. The summed E-state index contributed by atoms with van der Waals surface area (Å²) in [7, 11) is 0. The molecule has 0 amide bonds. The Kier molecular flexibility index (Phi) is 4.26. The third kappa shape index (κ3) is 3.57. The average molecular weight is 320 g/mol. The van der Waals surface area contributed by atoms with Crippen molar-refractivity contribution in [3.05, 3.63) is 72.3 Å². The molecule has 122 valence electrons. The van der Waals surface area contributed by atoms with Crippen LogP contribution in [-0.4, -0.2) is 11.6 Å². The van der Waals surface area contributed by atoms with Gasteiger partial charge in [0.15, 0.2) is 0 Å². The van der Waals surface area contributed by atoms with Crippen molar-refractivity contribution in [1.29, 1.82) is 0 Å². The van der Waals surface area contributed by atoms with E-state index in [0.717, 1.165) is 11.1 Å². The first kappa shape index (κ1) is 16.1. The van der Waals surface area contributed by atoms with Crippen molar-refractivity contribution >= 4 is 5.97 Å². The largest absolute Gasteiger partial charge is 0.456 e. The van der Waals surface area contributed by atoms with Crippen LogP contribution in [0, 0.1) is 0 Å². The maximum atomic E-state index is 12.6. The summed E-state index contributed by atoms with van der Waals surface area (Å²) in [5.74, 6) is 0.797. The third-order valence-electron chi connectivity index (χ3n) is 3.45. The summed E-state index contributed by atoms with van der Waals surface area (Å²) in [6, 6.07) is 21.1. The zero-order valence-corrected chi connectivity index (χ0v) is 14.1. The third-order valence-corrected chi connectivity index (χ3v) is 3.45. The Morgan fingerprint density at radius 1 is 0.875 bits per heavy atom. The van der Waals surface area contributed by atoms with Crippen molar-refractivity contribution in [2.75, 3.05) is 0 Å². The van der Waals surface area contributed by atoms with Gasteiger partial charge in [0.25, 0.3) is 0 Å². The monoisotopic (exact) mass is 320 g/mol. The zero-order valence-electron chi connectivity index (χ0n) is 14.1. The first-order valence-corrected chi connectivity index (χ1v) is 7.92. The van der Waals surface area contributed by atoms with Crippen molar-refractivity contribution in [1.82, 2.24) is 0 Å². The van der Waals surface area contributed by atoms with E-state index in [1.807, 2.05) is 81.4 Å². The Hall–Kier alpha value is -2.81. The molecule has 3 rings (SSSR count). The number of carbonyl (C=O) groups excluding carboxylic acids is 1. The van der Waals surface area contributed by atoms with Gasteiger partial charge in [-0.15, -0.1) is 0 Å². The molecule has 3 aromatic rings. The molecule has 0 spiro atoms. The fourth-order valence-electron chi connectivity index (χ4n) is 2.42. The summed E-state index contributed by atoms with van der Waals surface area (Å²) >= 11 is 0. The number of carbonyl (C=O) groups is 1. The van der Waals surface area contributed by atoms with Crippen LogP contribution in [-0.2, 0) is 4.74 Å². The first-order chi connectivity index (χ1) is 11.4. The Morgan fingerprint density at radius 2 is 1.42 bits per heavy atom. The van der Waals surface area contributed by atoms with Gasteiger partial charge in [-0.25, -0.2) is 4.79 Å². The van der Waals surface area contributed by atoms with Crippen LogP contribution >= 0.6 is 0 Å². The second kappa shape index (κ2) is 6.36. The number of benzene rings is 2. The van der Waals surface area contributed by atoms with Crippen LogP contribution in [0.5, 0.6) is 0 Å². The minimum atomic E-state index is -0.560. The van der Waals surface area contributed by atoms with Crippen LogP contribution < -0.4 is 0 Å². The molecular weight excluding hydrogens is 300 g/mol. The summed E-state index contributed by atoms with van der Waals surface area (Å²) < 4.78 is 11.6. The molecular formula is C21H20O3. The van der Waals surface area contributed by atoms with Gasteiger partial charge in [-0.3, -0.25) is 0 Å². The molecule has 3 nitrogen and oxygen atoms in total. The molecule has 0 aliphatic rings. The molecule has 3 heteroatoms. The SMILES string of the molecule is CC(C)(C)OC(=O)c1cc(-c2ccccc2)oc1-c1ccccc1. The smallest absolute Gasteiger partial charge is 0.342 e. The lowest BCUT2D eigenvalue weighted by atomic mass is 10.1. The maximum absolute atomic E-state index is 12.6. The molecule has 1 aromatic heterocycles. The molecule has 2 aromatic carbocycles. The van der Waals surface area contributed by atoms with E-state index in [9.17, 15) is 4.79 Å². The van der Waals surface area contributed by atoms with E-state index in [2.05, 4.69) is 0 Å². The standard InChI is InChI=1S/C21H20O3/c1-21(2,3)24-20(22)17-14-18(15-10-6-4-7-11-15)23-19(17)16-12-8-5-9-13-16/h4-14H,1-3H3. The van der Waals surface area contributed by atoms with Crippen molar-refractivity contribution in [2.45, 2.75) is 26.4 Å². The molecule has 0 saturated carbocycles. The molecule has 0 aliphatic carbocycles. The molecule has 0 fully saturated rings. The molecule has 0 bridgehead atoms. The predicted octanol–water partition coefficient (Wildman–Crippen LogP) is 5.57. The normalized spacial score (nSPS) is 11.3. The van der Waals surface area contributed by atoms with Crippen LogP contribution in [0.3, 0.4) is 0 Å². The van der Waals surface area contributed by atoms with Crippen molar-refractivity contribution in [3.63, 3.8) is 0 Å². The Balaban J connectivity index is 2.09. The van der Waals surface area contributed by atoms with E-state index in [0.29, 0.717) is 17.1 Å². The Morgan fingerprint density at radius 3 is 1.96 bits per heavy atom. The van der Waals surface area contributed by atoms with Crippen LogP contribution in [0.1, 0.15) is 31.1 Å². The lowest BCUT2D eigenvalue weighted by Crippen LogP contribution is -2.23. The van der Waals surface area contributed by atoms with Crippen LogP contribution in [0.2, 0.25) is 0 Å². The van der Waals surface area contributed by atoms with E-state index in [1.54, 1.807) is 6.07 Å². The highest BCUT2D eigenvalue weighted by Crippen LogP contribution is 2.33. The van der Waals surface area contributed by atoms with Gasteiger partial charge in [-0.2, -0.15) is 0 Å². The summed E-state index contributed by atoms with van der Waals surface area (Å²) in [6.45, 7) is 5.56. The van der Waals surface area contributed by atoms with Crippen LogP contribution in [0.25, 0.3) is 22.6 Å². The maximum Gasteiger partial charge on any atom is 0.342 e. The zero-order chi connectivity index (χ0) is 17.2. The molecule has 0 aliphatic heterocycles. The Labute approximate surface area is 141 Å². The van der Waals surface area contributed by atoms with E-state index < -0.39 is 5.60 Å². The lowest BCUT2D eigenvalue weighted by molar-refractivity contribution is 0.00700. The number of hydrogen-bond acceptors (Lipinski definition) is 3. The van der Waals surface area contributed by atoms with Gasteiger partial charge in [0, 0.05) is 11.1 Å². The molecule has 1 heterocycles. The highest BCUT2D eigenvalue weighted by atomic mass is 16.6. The van der Waals surface area contributed by atoms with Crippen LogP contribution in [0.4, 0.5) is 0 Å². The summed E-state index contributed by atoms with van der Waals surface area (Å²) in [5, 5.41) is 0. The quantitative estimate of drug-likeness (QED) is 0.592. The van der Waals surface area contributed by atoms with Crippen molar-refractivity contribution in [2.24, 2.45) is 0 Å². The van der Waals surface area contributed by atoms with Gasteiger partial charge in [0.05, 0.1) is 0 Å². The second-order valence-electron chi connectivity index (χ2n) is 6.59. The molecule has 0 unspecified atom stereocenters. The number of esters is 1.